The maximum absolute atomic E-state index is 4.85. The first-order valence-electron chi connectivity index (χ1n) is 16.3. The highest BCUT2D eigenvalue weighted by Gasteiger charge is 2.58. The second-order valence-electron chi connectivity index (χ2n) is 13.4. The molecular weight excluding hydrogens is 585 g/mol. The maximum Gasteiger partial charge on any atom is 0.156 e. The fraction of sp³-hybridized carbons (Fsp3) is 0.0909. The lowest BCUT2D eigenvalue weighted by Crippen LogP contribution is -2.56. The molecule has 2 nitrogen and oxygen atoms in total. The van der Waals surface area contributed by atoms with Crippen LogP contribution in [-0.4, -0.2) is 18.0 Å². The quantitative estimate of drug-likeness (QED) is 0.179. The van der Waals surface area contributed by atoms with E-state index in [-0.39, 0.29) is 5.04 Å². The summed E-state index contributed by atoms with van der Waals surface area (Å²) in [5.41, 5.74) is 9.59. The predicted octanol–water partition coefficient (Wildman–Crippen LogP) is 10.6. The molecule has 0 amide bonds. The molecule has 3 heteroatoms. The summed E-state index contributed by atoms with van der Waals surface area (Å²) in [6.45, 7) is 7.38. The minimum atomic E-state index is -2.91. The van der Waals surface area contributed by atoms with Crippen LogP contribution in [0.25, 0.3) is 43.3 Å². The smallest absolute Gasteiger partial charge is 0.156 e. The Hall–Kier alpha value is -5.38. The van der Waals surface area contributed by atoms with Crippen LogP contribution in [0.3, 0.4) is 0 Å². The van der Waals surface area contributed by atoms with Gasteiger partial charge in [-0.15, -0.1) is 0 Å². The molecule has 0 saturated carbocycles. The van der Waals surface area contributed by atoms with E-state index in [4.69, 9.17) is 9.97 Å². The molecule has 1 aliphatic heterocycles. The molecule has 0 unspecified atom stereocenters. The van der Waals surface area contributed by atoms with E-state index in [1.54, 1.807) is 0 Å². The molecule has 226 valence electrons. The minimum absolute atomic E-state index is 0.131. The van der Waals surface area contributed by atoms with Crippen molar-refractivity contribution >= 4 is 56.6 Å². The highest BCUT2D eigenvalue weighted by atomic mass is 28.3. The monoisotopic (exact) mass is 620 g/mol. The first-order valence-corrected chi connectivity index (χ1v) is 18.3. The molecular formula is C44H36N2Si. The van der Waals surface area contributed by atoms with Crippen LogP contribution in [0.15, 0.2) is 164 Å². The molecule has 0 atom stereocenters. The fourth-order valence-electron chi connectivity index (χ4n) is 7.86. The molecule has 0 radical (unpaired) electrons. The van der Waals surface area contributed by atoms with Crippen molar-refractivity contribution in [2.75, 3.05) is 0 Å². The van der Waals surface area contributed by atoms with E-state index in [1.807, 2.05) is 24.5 Å². The molecule has 0 aliphatic carbocycles. The zero-order valence-corrected chi connectivity index (χ0v) is 28.0. The zero-order chi connectivity index (χ0) is 32.0. The Kier molecular flexibility index (Phi) is 7.08. The van der Waals surface area contributed by atoms with E-state index >= 15 is 0 Å². The Labute approximate surface area is 277 Å². The number of pyridine rings is 2. The van der Waals surface area contributed by atoms with Gasteiger partial charge in [0.2, 0.25) is 0 Å². The number of aromatic nitrogens is 2. The van der Waals surface area contributed by atoms with Gasteiger partial charge in [0, 0.05) is 23.2 Å². The Morgan fingerprint density at radius 3 is 1.28 bits per heavy atom. The van der Waals surface area contributed by atoms with Gasteiger partial charge in [0.25, 0.3) is 0 Å². The van der Waals surface area contributed by atoms with Gasteiger partial charge in [0.05, 0.1) is 11.0 Å². The molecule has 0 N–H and O–H groups in total. The molecule has 0 saturated heterocycles. The highest BCUT2D eigenvalue weighted by Crippen LogP contribution is 2.62. The topological polar surface area (TPSA) is 25.8 Å². The maximum atomic E-state index is 4.85. The number of nitrogens with zero attached hydrogens (tertiary/aromatic N) is 2. The molecule has 0 spiro atoms. The number of rotatable bonds is 5. The van der Waals surface area contributed by atoms with Crippen molar-refractivity contribution in [3.05, 3.63) is 186 Å². The predicted molar refractivity (Wildman–Crippen MR) is 202 cm³/mol. The van der Waals surface area contributed by atoms with Crippen molar-refractivity contribution in [3.63, 3.8) is 0 Å². The lowest BCUT2D eigenvalue weighted by atomic mass is 9.89. The number of allylic oxidation sites excluding steroid dienone is 2. The van der Waals surface area contributed by atoms with Crippen LogP contribution in [0.5, 0.6) is 0 Å². The van der Waals surface area contributed by atoms with E-state index in [2.05, 4.69) is 160 Å². The molecule has 47 heavy (non-hydrogen) atoms. The third-order valence-corrected chi connectivity index (χ3v) is 15.8. The number of fused-ring (bicyclic) bond motifs is 2. The molecule has 0 fully saturated rings. The Balaban J connectivity index is 1.62. The summed E-state index contributed by atoms with van der Waals surface area (Å²) in [4.78, 5) is 9.71. The van der Waals surface area contributed by atoms with Gasteiger partial charge >= 0.3 is 0 Å². The van der Waals surface area contributed by atoms with Gasteiger partial charge in [-0.1, -0.05) is 148 Å². The zero-order valence-electron chi connectivity index (χ0n) is 27.0. The fourth-order valence-corrected chi connectivity index (χ4v) is 14.2. The summed E-state index contributed by atoms with van der Waals surface area (Å²) in [7, 11) is -2.91. The van der Waals surface area contributed by atoms with E-state index in [9.17, 15) is 0 Å². The first kappa shape index (κ1) is 29.0. The van der Waals surface area contributed by atoms with Gasteiger partial charge in [-0.3, -0.25) is 9.97 Å². The van der Waals surface area contributed by atoms with Crippen LogP contribution in [-0.2, 0) is 0 Å². The number of hydrogen-bond acceptors (Lipinski definition) is 2. The average molecular weight is 621 g/mol. The SMILES string of the molecule is CC(C)(C)[Si]1(c2ccccc2)C(c2ccc3cccnc3c2)=C(c2ccccc2)C(c2ccccc2)=C1c1ccc2cccnc2c1. The molecule has 7 aromatic rings. The largest absolute Gasteiger partial charge is 0.256 e. The average Bonchev–Trinajstić information content (AvgIpc) is 3.46. The third kappa shape index (κ3) is 4.69. The van der Waals surface area contributed by atoms with Crippen molar-refractivity contribution in [2.45, 2.75) is 25.8 Å². The van der Waals surface area contributed by atoms with Gasteiger partial charge in [-0.05, 0) is 78.3 Å². The molecule has 5 aromatic carbocycles. The summed E-state index contributed by atoms with van der Waals surface area (Å²) in [5, 5.41) is 6.44. The molecule has 0 bridgehead atoms. The second-order valence-corrected chi connectivity index (χ2v) is 18.0. The Morgan fingerprint density at radius 2 is 0.851 bits per heavy atom. The van der Waals surface area contributed by atoms with Crippen LogP contribution >= 0.6 is 0 Å². The van der Waals surface area contributed by atoms with Crippen LogP contribution in [0.2, 0.25) is 5.04 Å². The Morgan fingerprint density at radius 1 is 0.426 bits per heavy atom. The summed E-state index contributed by atoms with van der Waals surface area (Å²) in [6, 6.07) is 55.6. The summed E-state index contributed by atoms with van der Waals surface area (Å²) >= 11 is 0. The first-order chi connectivity index (χ1) is 23.0. The van der Waals surface area contributed by atoms with Gasteiger partial charge in [-0.2, -0.15) is 0 Å². The highest BCUT2D eigenvalue weighted by molar-refractivity contribution is 7.23. The second kappa shape index (κ2) is 11.4. The lowest BCUT2D eigenvalue weighted by Gasteiger charge is -2.45. The molecule has 1 aliphatic rings. The summed E-state index contributed by atoms with van der Waals surface area (Å²) in [6.07, 6.45) is 3.81. The van der Waals surface area contributed by atoms with Crippen molar-refractivity contribution in [1.29, 1.82) is 0 Å². The molecule has 2 aromatic heterocycles. The van der Waals surface area contributed by atoms with Crippen molar-refractivity contribution in [1.82, 2.24) is 9.97 Å². The Bertz CT molecular complexity index is 2180. The van der Waals surface area contributed by atoms with Crippen LogP contribution in [0, 0.1) is 0 Å². The summed E-state index contributed by atoms with van der Waals surface area (Å²) < 4.78 is 0. The van der Waals surface area contributed by atoms with Crippen molar-refractivity contribution in [2.24, 2.45) is 0 Å². The van der Waals surface area contributed by atoms with Crippen LogP contribution < -0.4 is 5.19 Å². The third-order valence-electron chi connectivity index (χ3n) is 9.75. The number of hydrogen-bond donors (Lipinski definition) is 0. The van der Waals surface area contributed by atoms with Crippen LogP contribution in [0.4, 0.5) is 0 Å². The molecule has 8 rings (SSSR count). The van der Waals surface area contributed by atoms with Gasteiger partial charge in [-0.25, -0.2) is 0 Å². The van der Waals surface area contributed by atoms with Crippen molar-refractivity contribution < 1.29 is 0 Å². The standard InChI is InChI=1S/C44H36N2Si/c1-44(2,3)47(37-21-11-6-12-22-37)42(35-25-23-31-19-13-27-45-38(31)29-35)40(33-15-7-4-8-16-33)41(34-17-9-5-10-18-34)43(47)36-26-24-32-20-14-28-46-39(32)30-36/h4-30H,1-3H3. The lowest BCUT2D eigenvalue weighted by molar-refractivity contribution is 0.741. The summed E-state index contributed by atoms with van der Waals surface area (Å²) in [5.74, 6) is 0. The van der Waals surface area contributed by atoms with E-state index < -0.39 is 8.07 Å². The molecule has 3 heterocycles. The van der Waals surface area contributed by atoms with Crippen molar-refractivity contribution in [3.8, 4) is 0 Å². The normalized spacial score (nSPS) is 14.7. The van der Waals surface area contributed by atoms with Gasteiger partial charge in [0.15, 0.2) is 8.07 Å². The van der Waals surface area contributed by atoms with Gasteiger partial charge < -0.3 is 0 Å². The minimum Gasteiger partial charge on any atom is -0.256 e. The number of benzene rings is 5. The van der Waals surface area contributed by atoms with E-state index in [1.165, 1.54) is 49.0 Å². The van der Waals surface area contributed by atoms with Gasteiger partial charge in [0.1, 0.15) is 0 Å². The van der Waals surface area contributed by atoms with E-state index in [0.717, 1.165) is 21.8 Å². The van der Waals surface area contributed by atoms with E-state index in [0.29, 0.717) is 0 Å². The van der Waals surface area contributed by atoms with Crippen LogP contribution in [0.1, 0.15) is 43.0 Å².